The number of benzene rings is 1. The van der Waals surface area contributed by atoms with Crippen LogP contribution in [-0.4, -0.2) is 26.1 Å². The highest BCUT2D eigenvalue weighted by atomic mass is 16.4. The van der Waals surface area contributed by atoms with Crippen LogP contribution >= 0.6 is 0 Å². The molecule has 0 spiro atoms. The summed E-state index contributed by atoms with van der Waals surface area (Å²) in [5, 5.41) is 17.7. The Bertz CT molecular complexity index is 648. The Labute approximate surface area is 117 Å². The molecule has 1 aromatic heterocycles. The Morgan fingerprint density at radius 2 is 2.25 bits per heavy atom. The van der Waals surface area contributed by atoms with Crippen molar-refractivity contribution in [3.8, 4) is 0 Å². The van der Waals surface area contributed by atoms with Crippen molar-refractivity contribution in [2.45, 2.75) is 32.7 Å². The van der Waals surface area contributed by atoms with Gasteiger partial charge < -0.3 is 5.11 Å². The van der Waals surface area contributed by atoms with Gasteiger partial charge in [0.05, 0.1) is 23.5 Å². The van der Waals surface area contributed by atoms with Crippen LogP contribution in [0.15, 0.2) is 24.3 Å². The zero-order valence-electron chi connectivity index (χ0n) is 11.4. The number of hydrogen-bond acceptors (Lipinski definition) is 3. The summed E-state index contributed by atoms with van der Waals surface area (Å²) in [6, 6.07) is 7.06. The van der Waals surface area contributed by atoms with E-state index in [-0.39, 0.29) is 0 Å². The standard InChI is InChI=1S/C15H17N3O2/c1-10-6-7-14-13(8-10)16-17-18(14)9-11-4-2-3-5-12(11)15(19)20/h2-5,10H,6-9H2,1H3,(H,19,20). The highest BCUT2D eigenvalue weighted by molar-refractivity contribution is 5.89. The smallest absolute Gasteiger partial charge is 0.336 e. The number of carbonyl (C=O) groups is 1. The van der Waals surface area contributed by atoms with E-state index < -0.39 is 5.97 Å². The van der Waals surface area contributed by atoms with Gasteiger partial charge in [0.1, 0.15) is 0 Å². The molecule has 1 aliphatic rings. The number of rotatable bonds is 3. The van der Waals surface area contributed by atoms with Crippen molar-refractivity contribution in [1.82, 2.24) is 15.0 Å². The normalized spacial score (nSPS) is 17.8. The molecule has 1 unspecified atom stereocenters. The number of carboxylic acid groups (broad SMARTS) is 1. The number of aromatic nitrogens is 3. The Hall–Kier alpha value is -2.17. The van der Waals surface area contributed by atoms with Gasteiger partial charge in [-0.2, -0.15) is 0 Å². The number of nitrogens with zero attached hydrogens (tertiary/aromatic N) is 3. The first-order valence-electron chi connectivity index (χ1n) is 6.87. The van der Waals surface area contributed by atoms with Gasteiger partial charge in [-0.15, -0.1) is 5.10 Å². The zero-order valence-corrected chi connectivity index (χ0v) is 11.4. The van der Waals surface area contributed by atoms with E-state index in [1.54, 1.807) is 12.1 Å². The molecule has 1 aromatic carbocycles. The largest absolute Gasteiger partial charge is 0.478 e. The van der Waals surface area contributed by atoms with Gasteiger partial charge in [-0.1, -0.05) is 30.3 Å². The van der Waals surface area contributed by atoms with Crippen LogP contribution in [0.25, 0.3) is 0 Å². The van der Waals surface area contributed by atoms with E-state index in [2.05, 4.69) is 17.2 Å². The van der Waals surface area contributed by atoms with Gasteiger partial charge in [-0.25, -0.2) is 9.48 Å². The van der Waals surface area contributed by atoms with Crippen LogP contribution in [0, 0.1) is 5.92 Å². The molecule has 0 radical (unpaired) electrons. The molecule has 1 aliphatic carbocycles. The summed E-state index contributed by atoms with van der Waals surface area (Å²) in [7, 11) is 0. The van der Waals surface area contributed by atoms with Crippen LogP contribution in [0.5, 0.6) is 0 Å². The lowest BCUT2D eigenvalue weighted by Gasteiger charge is -2.18. The summed E-state index contributed by atoms with van der Waals surface area (Å²) in [6.45, 7) is 2.70. The second-order valence-corrected chi connectivity index (χ2v) is 5.45. The number of hydrogen-bond donors (Lipinski definition) is 1. The maximum absolute atomic E-state index is 11.2. The maximum Gasteiger partial charge on any atom is 0.336 e. The molecule has 20 heavy (non-hydrogen) atoms. The highest BCUT2D eigenvalue weighted by Gasteiger charge is 2.22. The van der Waals surface area contributed by atoms with E-state index in [9.17, 15) is 9.90 Å². The lowest BCUT2D eigenvalue weighted by molar-refractivity contribution is 0.0695. The summed E-state index contributed by atoms with van der Waals surface area (Å²) >= 11 is 0. The second kappa shape index (κ2) is 5.07. The van der Waals surface area contributed by atoms with Gasteiger partial charge in [-0.05, 0) is 36.8 Å². The summed E-state index contributed by atoms with van der Waals surface area (Å²) in [5.41, 5.74) is 3.33. The van der Waals surface area contributed by atoms with E-state index in [0.717, 1.165) is 36.2 Å². The monoisotopic (exact) mass is 271 g/mol. The zero-order chi connectivity index (χ0) is 14.1. The van der Waals surface area contributed by atoms with Crippen molar-refractivity contribution >= 4 is 5.97 Å². The Morgan fingerprint density at radius 1 is 1.45 bits per heavy atom. The third kappa shape index (κ3) is 2.31. The predicted molar refractivity (Wildman–Crippen MR) is 73.7 cm³/mol. The first-order chi connectivity index (χ1) is 9.65. The van der Waals surface area contributed by atoms with E-state index in [0.29, 0.717) is 18.0 Å². The molecule has 1 atom stereocenters. The third-order valence-corrected chi connectivity index (χ3v) is 3.90. The quantitative estimate of drug-likeness (QED) is 0.928. The van der Waals surface area contributed by atoms with Crippen molar-refractivity contribution in [2.75, 3.05) is 0 Å². The van der Waals surface area contributed by atoms with Crippen LogP contribution in [0.2, 0.25) is 0 Å². The van der Waals surface area contributed by atoms with Crippen LogP contribution in [0.3, 0.4) is 0 Å². The maximum atomic E-state index is 11.2. The molecule has 2 aromatic rings. The Balaban J connectivity index is 1.91. The fourth-order valence-corrected chi connectivity index (χ4v) is 2.77. The molecule has 0 fully saturated rings. The Morgan fingerprint density at radius 3 is 3.05 bits per heavy atom. The Kier molecular flexibility index (Phi) is 3.26. The molecule has 5 nitrogen and oxygen atoms in total. The SMILES string of the molecule is CC1CCc2c(nnn2Cc2ccccc2C(=O)O)C1. The lowest BCUT2D eigenvalue weighted by Crippen LogP contribution is -2.16. The predicted octanol–water partition coefficient (Wildman–Crippen LogP) is 2.15. The number of fused-ring (bicyclic) bond motifs is 1. The summed E-state index contributed by atoms with van der Waals surface area (Å²) < 4.78 is 1.85. The van der Waals surface area contributed by atoms with Crippen LogP contribution in [0.4, 0.5) is 0 Å². The summed E-state index contributed by atoms with van der Waals surface area (Å²) in [5.74, 6) is -0.248. The van der Waals surface area contributed by atoms with Crippen LogP contribution < -0.4 is 0 Å². The number of carboxylic acids is 1. The minimum atomic E-state index is -0.900. The van der Waals surface area contributed by atoms with E-state index >= 15 is 0 Å². The van der Waals surface area contributed by atoms with E-state index in [1.807, 2.05) is 16.8 Å². The summed E-state index contributed by atoms with van der Waals surface area (Å²) in [4.78, 5) is 11.2. The minimum Gasteiger partial charge on any atom is -0.478 e. The molecule has 0 aliphatic heterocycles. The minimum absolute atomic E-state index is 0.334. The fourth-order valence-electron chi connectivity index (χ4n) is 2.77. The molecule has 1 heterocycles. The molecule has 0 saturated carbocycles. The molecule has 0 amide bonds. The molecule has 5 heteroatoms. The first kappa shape index (κ1) is 12.8. The number of aromatic carboxylic acids is 1. The van der Waals surface area contributed by atoms with E-state index in [4.69, 9.17) is 0 Å². The fraction of sp³-hybridized carbons (Fsp3) is 0.400. The molecule has 0 bridgehead atoms. The van der Waals surface area contributed by atoms with Crippen molar-refractivity contribution in [1.29, 1.82) is 0 Å². The van der Waals surface area contributed by atoms with Gasteiger partial charge >= 0.3 is 5.97 Å². The summed E-state index contributed by atoms with van der Waals surface area (Å²) in [6.07, 6.45) is 3.08. The van der Waals surface area contributed by atoms with Gasteiger partial charge in [-0.3, -0.25) is 0 Å². The second-order valence-electron chi connectivity index (χ2n) is 5.45. The first-order valence-corrected chi connectivity index (χ1v) is 6.87. The molecule has 1 N–H and O–H groups in total. The topological polar surface area (TPSA) is 68.0 Å². The molecular formula is C15H17N3O2. The molecule has 104 valence electrons. The highest BCUT2D eigenvalue weighted by Crippen LogP contribution is 2.24. The van der Waals surface area contributed by atoms with Crippen molar-refractivity contribution in [2.24, 2.45) is 5.92 Å². The van der Waals surface area contributed by atoms with Crippen LogP contribution in [0.1, 0.15) is 40.7 Å². The van der Waals surface area contributed by atoms with Gasteiger partial charge in [0.25, 0.3) is 0 Å². The van der Waals surface area contributed by atoms with Crippen molar-refractivity contribution in [3.63, 3.8) is 0 Å². The van der Waals surface area contributed by atoms with Gasteiger partial charge in [0.15, 0.2) is 0 Å². The third-order valence-electron chi connectivity index (χ3n) is 3.90. The molecule has 3 rings (SSSR count). The van der Waals surface area contributed by atoms with Gasteiger partial charge in [0.2, 0.25) is 0 Å². The lowest BCUT2D eigenvalue weighted by atomic mass is 9.91. The van der Waals surface area contributed by atoms with Gasteiger partial charge in [0, 0.05) is 0 Å². The molecular weight excluding hydrogens is 254 g/mol. The van der Waals surface area contributed by atoms with Crippen molar-refractivity contribution in [3.05, 3.63) is 46.8 Å². The van der Waals surface area contributed by atoms with Crippen LogP contribution in [-0.2, 0) is 19.4 Å². The average Bonchev–Trinajstić information content (AvgIpc) is 2.81. The molecule has 0 saturated heterocycles. The van der Waals surface area contributed by atoms with Crippen molar-refractivity contribution < 1.29 is 9.90 Å². The van der Waals surface area contributed by atoms with E-state index in [1.165, 1.54) is 0 Å². The average molecular weight is 271 g/mol.